The van der Waals surface area contributed by atoms with Crippen LogP contribution in [0.1, 0.15) is 115 Å². The maximum Gasteiger partial charge on any atom is 0.170 e. The largest absolute Gasteiger partial charge is 0.351 e. The van der Waals surface area contributed by atoms with E-state index in [2.05, 4.69) is 107 Å². The summed E-state index contributed by atoms with van der Waals surface area (Å²) in [5.74, 6) is 0.823. The standard InChI is InChI=1S/C36H56O3/c1-24(2)13-12-19-34(11)30(17-15-26(5)6)22-35(20-18-27(7)8)21-29(16-14-25(3)4)31(37)36(34)32(28(9)10)38-23-39-33(35)36/h13-15,18,21,28,30,32-33H,12,16-17,19-20,22-23H2,1-11H3/t30-,32+,33+,34+,35+,36+/m0/s1. The highest BCUT2D eigenvalue weighted by molar-refractivity contribution is 6.03. The summed E-state index contributed by atoms with van der Waals surface area (Å²) in [5.41, 5.74) is 4.95. The molecule has 3 heteroatoms. The van der Waals surface area contributed by atoms with Gasteiger partial charge in [0.25, 0.3) is 0 Å². The molecule has 1 aliphatic heterocycles. The van der Waals surface area contributed by atoms with Crippen molar-refractivity contribution in [1.29, 1.82) is 0 Å². The molecule has 0 amide bonds. The Bertz CT molecular complexity index is 1050. The summed E-state index contributed by atoms with van der Waals surface area (Å²) in [5, 5.41) is 0. The van der Waals surface area contributed by atoms with Crippen LogP contribution in [-0.4, -0.2) is 24.8 Å². The van der Waals surface area contributed by atoms with E-state index in [9.17, 15) is 0 Å². The zero-order chi connectivity index (χ0) is 29.2. The quantitative estimate of drug-likeness (QED) is 0.261. The molecule has 0 radical (unpaired) electrons. The average molecular weight is 537 g/mol. The zero-order valence-electron chi connectivity index (χ0n) is 26.9. The molecule has 2 bridgehead atoms. The molecule has 0 N–H and O–H groups in total. The number of ether oxygens (including phenoxy) is 2. The highest BCUT2D eigenvalue weighted by atomic mass is 16.7. The van der Waals surface area contributed by atoms with Gasteiger partial charge in [0.15, 0.2) is 5.78 Å². The van der Waals surface area contributed by atoms with Crippen LogP contribution < -0.4 is 0 Å². The molecule has 6 atom stereocenters. The summed E-state index contributed by atoms with van der Waals surface area (Å²) >= 11 is 0. The molecule has 1 saturated carbocycles. The van der Waals surface area contributed by atoms with Crippen LogP contribution in [0.3, 0.4) is 0 Å². The number of Topliss-reactive ketones (excluding diaryl/α,β-unsaturated/α-hetero) is 1. The second-order valence-corrected chi connectivity index (χ2v) is 14.2. The smallest absolute Gasteiger partial charge is 0.170 e. The topological polar surface area (TPSA) is 35.5 Å². The van der Waals surface area contributed by atoms with Crippen LogP contribution in [0.15, 0.2) is 58.2 Å². The van der Waals surface area contributed by atoms with Crippen LogP contribution in [0.5, 0.6) is 0 Å². The maximum absolute atomic E-state index is 15.2. The molecular formula is C36H56O3. The molecular weight excluding hydrogens is 480 g/mol. The molecule has 39 heavy (non-hydrogen) atoms. The first-order chi connectivity index (χ1) is 18.2. The van der Waals surface area contributed by atoms with Crippen molar-refractivity contribution in [2.75, 3.05) is 6.79 Å². The fourth-order valence-corrected chi connectivity index (χ4v) is 7.91. The first-order valence-corrected chi connectivity index (χ1v) is 15.2. The predicted octanol–water partition coefficient (Wildman–Crippen LogP) is 9.71. The Balaban J connectivity index is 2.40. The van der Waals surface area contributed by atoms with Gasteiger partial charge in [-0.1, -0.05) is 73.4 Å². The number of allylic oxidation sites excluding steroid dienone is 9. The van der Waals surface area contributed by atoms with Crippen LogP contribution in [0.2, 0.25) is 0 Å². The molecule has 3 aliphatic rings. The van der Waals surface area contributed by atoms with E-state index in [1.165, 1.54) is 22.3 Å². The first kappa shape index (κ1) is 31.8. The average Bonchev–Trinajstić information content (AvgIpc) is 2.84. The Morgan fingerprint density at radius 2 is 1.54 bits per heavy atom. The van der Waals surface area contributed by atoms with E-state index in [-0.39, 0.29) is 41.5 Å². The molecule has 2 aliphatic carbocycles. The highest BCUT2D eigenvalue weighted by Crippen LogP contribution is 2.71. The summed E-state index contributed by atoms with van der Waals surface area (Å²) in [6.07, 6.45) is 16.8. The van der Waals surface area contributed by atoms with Crippen molar-refractivity contribution in [3.63, 3.8) is 0 Å². The molecule has 0 unspecified atom stereocenters. The van der Waals surface area contributed by atoms with Gasteiger partial charge in [-0.3, -0.25) is 4.79 Å². The number of carbonyl (C=O) groups excluding carboxylic acids is 1. The fourth-order valence-electron chi connectivity index (χ4n) is 7.91. The van der Waals surface area contributed by atoms with Gasteiger partial charge in [-0.2, -0.15) is 0 Å². The molecule has 3 nitrogen and oxygen atoms in total. The van der Waals surface area contributed by atoms with Gasteiger partial charge in [-0.05, 0) is 117 Å². The molecule has 3 rings (SSSR count). The lowest BCUT2D eigenvalue weighted by Gasteiger charge is -2.70. The number of rotatable bonds is 10. The summed E-state index contributed by atoms with van der Waals surface area (Å²) < 4.78 is 13.3. The Morgan fingerprint density at radius 1 is 0.923 bits per heavy atom. The Morgan fingerprint density at radius 3 is 2.10 bits per heavy atom. The third kappa shape index (κ3) is 6.01. The van der Waals surface area contributed by atoms with Crippen molar-refractivity contribution in [3.8, 4) is 0 Å². The molecule has 0 aromatic rings. The van der Waals surface area contributed by atoms with Gasteiger partial charge in [0.1, 0.15) is 6.79 Å². The molecule has 1 heterocycles. The molecule has 0 aromatic carbocycles. The lowest BCUT2D eigenvalue weighted by molar-refractivity contribution is -0.327. The van der Waals surface area contributed by atoms with E-state index in [1.54, 1.807) is 0 Å². The molecule has 2 fully saturated rings. The van der Waals surface area contributed by atoms with Crippen LogP contribution in [0, 0.1) is 28.1 Å². The third-order valence-electron chi connectivity index (χ3n) is 9.72. The van der Waals surface area contributed by atoms with Gasteiger partial charge < -0.3 is 9.47 Å². The van der Waals surface area contributed by atoms with E-state index in [0.29, 0.717) is 12.3 Å². The van der Waals surface area contributed by atoms with E-state index < -0.39 is 5.41 Å². The van der Waals surface area contributed by atoms with E-state index >= 15 is 4.79 Å². The molecule has 0 spiro atoms. The van der Waals surface area contributed by atoms with Crippen molar-refractivity contribution < 1.29 is 14.3 Å². The molecule has 218 valence electrons. The number of carbonyl (C=O) groups is 1. The second-order valence-electron chi connectivity index (χ2n) is 14.2. The van der Waals surface area contributed by atoms with Crippen molar-refractivity contribution in [2.24, 2.45) is 28.1 Å². The van der Waals surface area contributed by atoms with Crippen molar-refractivity contribution in [2.45, 2.75) is 127 Å². The normalized spacial score (nSPS) is 33.6. The Labute approximate surface area is 239 Å². The van der Waals surface area contributed by atoms with Gasteiger partial charge in [-0.25, -0.2) is 0 Å². The summed E-state index contributed by atoms with van der Waals surface area (Å²) in [6, 6.07) is 0. The second kappa shape index (κ2) is 12.4. The van der Waals surface area contributed by atoms with Gasteiger partial charge in [0.05, 0.1) is 17.6 Å². The van der Waals surface area contributed by atoms with Crippen LogP contribution in [0.4, 0.5) is 0 Å². The summed E-state index contributed by atoms with van der Waals surface area (Å²) in [4.78, 5) is 15.2. The third-order valence-corrected chi connectivity index (χ3v) is 9.72. The van der Waals surface area contributed by atoms with Crippen LogP contribution in [-0.2, 0) is 14.3 Å². The van der Waals surface area contributed by atoms with E-state index in [1.807, 2.05) is 0 Å². The predicted molar refractivity (Wildman–Crippen MR) is 164 cm³/mol. The van der Waals surface area contributed by atoms with Crippen molar-refractivity contribution in [1.82, 2.24) is 0 Å². The number of hydrogen-bond donors (Lipinski definition) is 0. The van der Waals surface area contributed by atoms with Gasteiger partial charge in [0.2, 0.25) is 0 Å². The van der Waals surface area contributed by atoms with E-state index in [4.69, 9.17) is 9.47 Å². The maximum atomic E-state index is 15.2. The van der Waals surface area contributed by atoms with E-state index in [0.717, 1.165) is 37.7 Å². The van der Waals surface area contributed by atoms with Gasteiger partial charge in [-0.15, -0.1) is 0 Å². The van der Waals surface area contributed by atoms with Gasteiger partial charge in [0, 0.05) is 5.41 Å². The van der Waals surface area contributed by atoms with Crippen LogP contribution >= 0.6 is 0 Å². The molecule has 0 aromatic heterocycles. The Hall–Kier alpha value is -1.71. The first-order valence-electron chi connectivity index (χ1n) is 15.2. The lowest BCUT2D eigenvalue weighted by Crippen LogP contribution is -2.75. The van der Waals surface area contributed by atoms with Crippen LogP contribution in [0.25, 0.3) is 0 Å². The highest BCUT2D eigenvalue weighted by Gasteiger charge is 2.75. The minimum absolute atomic E-state index is 0.184. The van der Waals surface area contributed by atoms with Gasteiger partial charge >= 0.3 is 0 Å². The SMILES string of the molecule is CC(C)=CCC[C@]1(C)[C@@H](CC=C(C)C)C[C@@]2(CC=C(C)C)C=C(CC=C(C)C)C(=O)[C@]13[C@@H](C(C)C)OCO[C@H]23. The minimum atomic E-state index is -0.734. The molecule has 1 saturated heterocycles. The summed E-state index contributed by atoms with van der Waals surface area (Å²) in [6.45, 7) is 24.5. The lowest BCUT2D eigenvalue weighted by atomic mass is 9.37. The number of hydrogen-bond acceptors (Lipinski definition) is 3. The number of ketones is 1. The summed E-state index contributed by atoms with van der Waals surface area (Å²) in [7, 11) is 0. The zero-order valence-corrected chi connectivity index (χ0v) is 26.9. The Kier molecular flexibility index (Phi) is 10.1. The monoisotopic (exact) mass is 536 g/mol. The van der Waals surface area contributed by atoms with Crippen molar-refractivity contribution >= 4 is 5.78 Å². The van der Waals surface area contributed by atoms with Crippen molar-refractivity contribution in [3.05, 3.63) is 58.2 Å². The fraction of sp³-hybridized carbons (Fsp3) is 0.694. The minimum Gasteiger partial charge on any atom is -0.351 e.